The van der Waals surface area contributed by atoms with Gasteiger partial charge in [0.05, 0.1) is 0 Å². The summed E-state index contributed by atoms with van der Waals surface area (Å²) in [6.07, 6.45) is 0. The summed E-state index contributed by atoms with van der Waals surface area (Å²) in [5, 5.41) is 5.60. The van der Waals surface area contributed by atoms with E-state index in [4.69, 9.17) is 0 Å². The molecule has 0 fully saturated rings. The average molecular weight is 342 g/mol. The van der Waals surface area contributed by atoms with Crippen LogP contribution in [0.2, 0.25) is 0 Å². The molecule has 0 aliphatic carbocycles. The highest BCUT2D eigenvalue weighted by Crippen LogP contribution is 2.19. The van der Waals surface area contributed by atoms with E-state index < -0.39 is 0 Å². The lowest BCUT2D eigenvalue weighted by Gasteiger charge is -2.03. The van der Waals surface area contributed by atoms with E-state index >= 15 is 0 Å². The van der Waals surface area contributed by atoms with Crippen molar-refractivity contribution in [2.45, 2.75) is 12.3 Å². The van der Waals surface area contributed by atoms with Gasteiger partial charge >= 0.3 is 0 Å². The number of nitrogens with one attached hydrogen (secondary N) is 1. The summed E-state index contributed by atoms with van der Waals surface area (Å²) in [5.74, 6) is 2.26. The molecule has 1 aromatic heterocycles. The first-order valence-corrected chi connectivity index (χ1v) is 8.72. The molecule has 0 atom stereocenters. The first-order chi connectivity index (χ1) is 8.84. The molecule has 2 aromatic rings. The Labute approximate surface area is 125 Å². The maximum absolute atomic E-state index is 3.47. The fraction of sp³-hybridized carbons (Fsp3) is 0.286. The van der Waals surface area contributed by atoms with E-state index in [2.05, 4.69) is 63.0 Å². The van der Waals surface area contributed by atoms with Crippen LogP contribution in [0, 0.1) is 0 Å². The number of rotatable bonds is 7. The maximum atomic E-state index is 3.47. The summed E-state index contributed by atoms with van der Waals surface area (Å²) in [7, 11) is 0. The van der Waals surface area contributed by atoms with Crippen molar-refractivity contribution >= 4 is 39.0 Å². The molecule has 1 aromatic carbocycles. The van der Waals surface area contributed by atoms with E-state index in [1.165, 1.54) is 14.9 Å². The summed E-state index contributed by atoms with van der Waals surface area (Å²) < 4.78 is 1.18. The van der Waals surface area contributed by atoms with Crippen LogP contribution >= 0.6 is 39.0 Å². The van der Waals surface area contributed by atoms with Gasteiger partial charge in [0.15, 0.2) is 0 Å². The van der Waals surface area contributed by atoms with Gasteiger partial charge in [-0.15, -0.1) is 11.3 Å². The highest BCUT2D eigenvalue weighted by atomic mass is 79.9. The molecule has 18 heavy (non-hydrogen) atoms. The first-order valence-electron chi connectivity index (χ1n) is 5.90. The van der Waals surface area contributed by atoms with Crippen molar-refractivity contribution in [1.82, 2.24) is 5.32 Å². The molecule has 1 N–H and O–H groups in total. The van der Waals surface area contributed by atoms with Crippen LogP contribution in [0.3, 0.4) is 0 Å². The van der Waals surface area contributed by atoms with Crippen LogP contribution in [0.5, 0.6) is 0 Å². The monoisotopic (exact) mass is 341 g/mol. The largest absolute Gasteiger partial charge is 0.311 e. The lowest BCUT2D eigenvalue weighted by atomic mass is 10.2. The van der Waals surface area contributed by atoms with Crippen LogP contribution < -0.4 is 5.32 Å². The lowest BCUT2D eigenvalue weighted by molar-refractivity contribution is 0.741. The molecule has 96 valence electrons. The molecule has 0 radical (unpaired) electrons. The Morgan fingerprint density at radius 1 is 1.22 bits per heavy atom. The van der Waals surface area contributed by atoms with Crippen molar-refractivity contribution in [2.24, 2.45) is 0 Å². The Hall–Kier alpha value is -0.290. The van der Waals surface area contributed by atoms with Gasteiger partial charge < -0.3 is 5.32 Å². The third-order valence-corrected chi connectivity index (χ3v) is 5.18. The molecule has 0 spiro atoms. The maximum Gasteiger partial charge on any atom is 0.0300 e. The lowest BCUT2D eigenvalue weighted by Crippen LogP contribution is -2.15. The number of benzene rings is 1. The summed E-state index contributed by atoms with van der Waals surface area (Å²) in [5.41, 5.74) is 1.41. The van der Waals surface area contributed by atoms with Gasteiger partial charge in [0.2, 0.25) is 0 Å². The molecule has 2 rings (SSSR count). The van der Waals surface area contributed by atoms with Crippen molar-refractivity contribution in [3.8, 4) is 0 Å². The average Bonchev–Trinajstić information content (AvgIpc) is 2.81. The molecule has 0 amide bonds. The molecule has 1 heterocycles. The Morgan fingerprint density at radius 2 is 2.06 bits per heavy atom. The van der Waals surface area contributed by atoms with Crippen molar-refractivity contribution in [3.63, 3.8) is 0 Å². The van der Waals surface area contributed by atoms with Crippen LogP contribution in [0.1, 0.15) is 10.4 Å². The number of halogens is 1. The Kier molecular flexibility index (Phi) is 6.28. The molecular weight excluding hydrogens is 326 g/mol. The van der Waals surface area contributed by atoms with E-state index in [0.717, 1.165) is 24.6 Å². The zero-order chi connectivity index (χ0) is 12.6. The summed E-state index contributed by atoms with van der Waals surface area (Å²) in [6, 6.07) is 12.8. The topological polar surface area (TPSA) is 12.0 Å². The SMILES string of the molecule is Brc1csc(CNCCSCc2ccccc2)c1. The standard InChI is InChI=1S/C14H16BrNS2/c15-13-8-14(18-11-13)9-16-6-7-17-10-12-4-2-1-3-5-12/h1-5,8,11,16H,6-7,9-10H2. The molecule has 0 aliphatic heterocycles. The van der Waals surface area contributed by atoms with E-state index in [1.54, 1.807) is 11.3 Å². The zero-order valence-corrected chi connectivity index (χ0v) is 13.3. The van der Waals surface area contributed by atoms with Crippen molar-refractivity contribution in [1.29, 1.82) is 0 Å². The second kappa shape index (κ2) is 8.00. The van der Waals surface area contributed by atoms with E-state index in [9.17, 15) is 0 Å². The van der Waals surface area contributed by atoms with Crippen molar-refractivity contribution in [3.05, 3.63) is 56.7 Å². The second-order valence-electron chi connectivity index (χ2n) is 3.95. The van der Waals surface area contributed by atoms with Gasteiger partial charge in [-0.2, -0.15) is 11.8 Å². The van der Waals surface area contributed by atoms with E-state index in [-0.39, 0.29) is 0 Å². The highest BCUT2D eigenvalue weighted by molar-refractivity contribution is 9.10. The van der Waals surface area contributed by atoms with Gasteiger partial charge in [-0.1, -0.05) is 30.3 Å². The van der Waals surface area contributed by atoms with E-state index in [0.29, 0.717) is 0 Å². The smallest absolute Gasteiger partial charge is 0.0300 e. The van der Waals surface area contributed by atoms with Crippen molar-refractivity contribution in [2.75, 3.05) is 12.3 Å². The molecule has 0 saturated carbocycles. The third-order valence-electron chi connectivity index (χ3n) is 2.46. The molecule has 0 saturated heterocycles. The molecule has 4 heteroatoms. The van der Waals surface area contributed by atoms with Crippen molar-refractivity contribution < 1.29 is 0 Å². The zero-order valence-electron chi connectivity index (χ0n) is 10.1. The van der Waals surface area contributed by atoms with Gasteiger partial charge in [0.1, 0.15) is 0 Å². The minimum atomic E-state index is 0.974. The Bertz CT molecular complexity index is 456. The van der Waals surface area contributed by atoms with Gasteiger partial charge in [-0.3, -0.25) is 0 Å². The summed E-state index contributed by atoms with van der Waals surface area (Å²) in [4.78, 5) is 1.38. The fourth-order valence-corrected chi connectivity index (χ4v) is 3.85. The molecule has 0 bridgehead atoms. The highest BCUT2D eigenvalue weighted by Gasteiger charge is 1.97. The Balaban J connectivity index is 1.54. The van der Waals surface area contributed by atoms with Crippen LogP contribution in [-0.2, 0) is 12.3 Å². The summed E-state index contributed by atoms with van der Waals surface area (Å²) in [6.45, 7) is 2.04. The van der Waals surface area contributed by atoms with Crippen LogP contribution in [0.4, 0.5) is 0 Å². The first kappa shape index (κ1) is 14.1. The number of hydrogen-bond donors (Lipinski definition) is 1. The molecule has 0 unspecified atom stereocenters. The third kappa shape index (κ3) is 5.14. The van der Waals surface area contributed by atoms with Gasteiger partial charge in [0.25, 0.3) is 0 Å². The van der Waals surface area contributed by atoms with Gasteiger partial charge in [-0.05, 0) is 27.6 Å². The van der Waals surface area contributed by atoms with Crippen LogP contribution in [0.15, 0.2) is 46.3 Å². The summed E-state index contributed by atoms with van der Waals surface area (Å²) >= 11 is 7.24. The quantitative estimate of drug-likeness (QED) is 0.742. The van der Waals surface area contributed by atoms with E-state index in [1.807, 2.05) is 11.8 Å². The van der Waals surface area contributed by atoms with Gasteiger partial charge in [0, 0.05) is 39.3 Å². The number of thioether (sulfide) groups is 1. The van der Waals surface area contributed by atoms with Crippen LogP contribution in [0.25, 0.3) is 0 Å². The normalized spacial score (nSPS) is 10.7. The Morgan fingerprint density at radius 3 is 2.78 bits per heavy atom. The fourth-order valence-electron chi connectivity index (χ4n) is 1.57. The molecular formula is C14H16BrNS2. The number of hydrogen-bond acceptors (Lipinski definition) is 3. The minimum Gasteiger partial charge on any atom is -0.311 e. The molecule has 0 aliphatic rings. The molecule has 1 nitrogen and oxygen atoms in total. The predicted molar refractivity (Wildman–Crippen MR) is 86.3 cm³/mol. The van der Waals surface area contributed by atoms with Crippen LogP contribution in [-0.4, -0.2) is 12.3 Å². The minimum absolute atomic E-state index is 0.974. The predicted octanol–water partition coefficient (Wildman–Crippen LogP) is 4.53. The second-order valence-corrected chi connectivity index (χ2v) is 6.96. The number of thiophene rings is 1. The van der Waals surface area contributed by atoms with Gasteiger partial charge in [-0.25, -0.2) is 0 Å².